The molecule has 1 saturated carbocycles. The number of hydrogen-bond donors (Lipinski definition) is 0. The van der Waals surface area contributed by atoms with Gasteiger partial charge < -0.3 is 9.47 Å². The fraction of sp³-hybridized carbons (Fsp3) is 0.444. The van der Waals surface area contributed by atoms with E-state index in [1.807, 2.05) is 24.9 Å². The highest BCUT2D eigenvalue weighted by atomic mass is 15.2. The number of nitrogens with zero attached hydrogens (tertiary/aromatic N) is 4. The van der Waals surface area contributed by atoms with Crippen LogP contribution in [0.5, 0.6) is 0 Å². The van der Waals surface area contributed by atoms with Crippen LogP contribution in [0.3, 0.4) is 0 Å². The number of benzene rings is 1. The summed E-state index contributed by atoms with van der Waals surface area (Å²) < 4.78 is 2.05. The summed E-state index contributed by atoms with van der Waals surface area (Å²) in [6.07, 6.45) is 14.7. The molecule has 22 heavy (non-hydrogen) atoms. The summed E-state index contributed by atoms with van der Waals surface area (Å²) in [5.74, 6) is 0.838. The summed E-state index contributed by atoms with van der Waals surface area (Å²) in [6, 6.07) is 6.48. The molecule has 0 radical (unpaired) electrons. The highest BCUT2D eigenvalue weighted by Gasteiger charge is 2.21. The third-order valence-electron chi connectivity index (χ3n) is 4.84. The maximum absolute atomic E-state index is 4.57. The van der Waals surface area contributed by atoms with Crippen molar-refractivity contribution in [1.82, 2.24) is 9.55 Å². The lowest BCUT2D eigenvalue weighted by Crippen LogP contribution is -2.33. The van der Waals surface area contributed by atoms with E-state index in [9.17, 15) is 0 Å². The number of imidazole rings is 1. The summed E-state index contributed by atoms with van der Waals surface area (Å²) in [4.78, 5) is 11.2. The smallest absolute Gasteiger partial charge is 0.0991 e. The van der Waals surface area contributed by atoms with Crippen LogP contribution in [0.25, 0.3) is 5.69 Å². The van der Waals surface area contributed by atoms with E-state index in [0.29, 0.717) is 0 Å². The van der Waals surface area contributed by atoms with Crippen molar-refractivity contribution in [3.63, 3.8) is 0 Å². The normalized spacial score (nSPS) is 18.5. The van der Waals surface area contributed by atoms with Gasteiger partial charge in [-0.25, -0.2) is 4.98 Å². The SMILES string of the molecule is C1=Nc2ccc(-n3ccnc3)cc2N(CC2CCCCC2)C1. The molecule has 2 aliphatic rings. The Morgan fingerprint density at radius 2 is 2.05 bits per heavy atom. The number of anilines is 1. The lowest BCUT2D eigenvalue weighted by atomic mass is 9.88. The largest absolute Gasteiger partial charge is 0.364 e. The molecule has 1 aliphatic heterocycles. The van der Waals surface area contributed by atoms with Crippen LogP contribution in [0.4, 0.5) is 11.4 Å². The number of rotatable bonds is 3. The van der Waals surface area contributed by atoms with Crippen LogP contribution in [-0.4, -0.2) is 28.9 Å². The van der Waals surface area contributed by atoms with E-state index in [4.69, 9.17) is 0 Å². The van der Waals surface area contributed by atoms with E-state index in [2.05, 4.69) is 37.6 Å². The highest BCUT2D eigenvalue weighted by Crippen LogP contribution is 2.35. The molecule has 0 bridgehead atoms. The van der Waals surface area contributed by atoms with E-state index in [1.165, 1.54) is 37.8 Å². The second kappa shape index (κ2) is 5.95. The second-order valence-electron chi connectivity index (χ2n) is 6.36. The van der Waals surface area contributed by atoms with Gasteiger partial charge >= 0.3 is 0 Å². The molecule has 1 aromatic carbocycles. The Balaban J connectivity index is 1.61. The van der Waals surface area contributed by atoms with E-state index in [0.717, 1.165) is 30.4 Å². The van der Waals surface area contributed by atoms with Crippen molar-refractivity contribution in [1.29, 1.82) is 0 Å². The molecule has 1 aliphatic carbocycles. The zero-order valence-corrected chi connectivity index (χ0v) is 12.9. The van der Waals surface area contributed by atoms with Crippen molar-refractivity contribution in [3.8, 4) is 5.69 Å². The predicted octanol–water partition coefficient (Wildman–Crippen LogP) is 3.97. The third kappa shape index (κ3) is 2.65. The van der Waals surface area contributed by atoms with Gasteiger partial charge in [0.25, 0.3) is 0 Å². The molecule has 1 fully saturated rings. The fourth-order valence-corrected chi connectivity index (χ4v) is 3.64. The van der Waals surface area contributed by atoms with Crippen LogP contribution in [0.1, 0.15) is 32.1 Å². The molecule has 2 aromatic rings. The van der Waals surface area contributed by atoms with Crippen molar-refractivity contribution in [2.45, 2.75) is 32.1 Å². The van der Waals surface area contributed by atoms with Crippen LogP contribution < -0.4 is 4.90 Å². The Labute approximate surface area is 131 Å². The molecule has 4 rings (SSSR count). The molecule has 114 valence electrons. The average molecular weight is 294 g/mol. The van der Waals surface area contributed by atoms with Gasteiger partial charge in [-0.2, -0.15) is 0 Å². The fourth-order valence-electron chi connectivity index (χ4n) is 3.64. The van der Waals surface area contributed by atoms with Crippen LogP contribution in [0, 0.1) is 5.92 Å². The number of aromatic nitrogens is 2. The minimum atomic E-state index is 0.838. The van der Waals surface area contributed by atoms with Gasteiger partial charge in [-0.05, 0) is 37.0 Å². The van der Waals surface area contributed by atoms with Gasteiger partial charge in [-0.3, -0.25) is 4.99 Å². The Morgan fingerprint density at radius 3 is 2.86 bits per heavy atom. The maximum Gasteiger partial charge on any atom is 0.0991 e. The van der Waals surface area contributed by atoms with E-state index in [-0.39, 0.29) is 0 Å². The minimum Gasteiger partial charge on any atom is -0.364 e. The van der Waals surface area contributed by atoms with E-state index >= 15 is 0 Å². The standard InChI is InChI=1S/C18H22N4/c1-2-4-15(5-3-1)13-21-11-9-20-17-7-6-16(12-18(17)21)22-10-8-19-14-22/h6-10,12,14-15H,1-5,11,13H2. The van der Waals surface area contributed by atoms with Crippen molar-refractivity contribution in [3.05, 3.63) is 36.9 Å². The predicted molar refractivity (Wildman–Crippen MR) is 90.5 cm³/mol. The van der Waals surface area contributed by atoms with Gasteiger partial charge in [0.1, 0.15) is 0 Å². The Kier molecular flexibility index (Phi) is 3.67. The van der Waals surface area contributed by atoms with Gasteiger partial charge in [0.15, 0.2) is 0 Å². The molecule has 0 N–H and O–H groups in total. The van der Waals surface area contributed by atoms with Crippen molar-refractivity contribution >= 4 is 17.6 Å². The highest BCUT2D eigenvalue weighted by molar-refractivity contribution is 5.82. The van der Waals surface area contributed by atoms with Crippen molar-refractivity contribution in [2.24, 2.45) is 10.9 Å². The summed E-state index contributed by atoms with van der Waals surface area (Å²) in [5.41, 5.74) is 3.51. The molecule has 0 amide bonds. The first-order valence-corrected chi connectivity index (χ1v) is 8.30. The Morgan fingerprint density at radius 1 is 1.14 bits per heavy atom. The molecule has 0 spiro atoms. The molecular formula is C18H22N4. The number of hydrogen-bond acceptors (Lipinski definition) is 3. The molecule has 0 atom stereocenters. The molecule has 4 nitrogen and oxygen atoms in total. The number of fused-ring (bicyclic) bond motifs is 1. The van der Waals surface area contributed by atoms with Gasteiger partial charge in [0, 0.05) is 30.8 Å². The zero-order chi connectivity index (χ0) is 14.8. The quantitative estimate of drug-likeness (QED) is 0.858. The lowest BCUT2D eigenvalue weighted by Gasteiger charge is -2.33. The summed E-state index contributed by atoms with van der Waals surface area (Å²) in [6.45, 7) is 2.09. The monoisotopic (exact) mass is 294 g/mol. The summed E-state index contributed by atoms with van der Waals surface area (Å²) in [5, 5.41) is 0. The molecule has 1 aromatic heterocycles. The van der Waals surface area contributed by atoms with Gasteiger partial charge in [0.05, 0.1) is 24.2 Å². The average Bonchev–Trinajstić information content (AvgIpc) is 3.10. The van der Waals surface area contributed by atoms with Crippen molar-refractivity contribution in [2.75, 3.05) is 18.0 Å². The Bertz CT molecular complexity index is 654. The zero-order valence-electron chi connectivity index (χ0n) is 12.9. The topological polar surface area (TPSA) is 33.4 Å². The molecular weight excluding hydrogens is 272 g/mol. The first-order chi connectivity index (χ1) is 10.9. The van der Waals surface area contributed by atoms with E-state index < -0.39 is 0 Å². The maximum atomic E-state index is 4.57. The van der Waals surface area contributed by atoms with E-state index in [1.54, 1.807) is 0 Å². The van der Waals surface area contributed by atoms with Crippen molar-refractivity contribution < 1.29 is 0 Å². The molecule has 0 saturated heterocycles. The van der Waals surface area contributed by atoms with Crippen LogP contribution >= 0.6 is 0 Å². The molecule has 4 heteroatoms. The first kappa shape index (κ1) is 13.6. The summed E-state index contributed by atoms with van der Waals surface area (Å²) in [7, 11) is 0. The van der Waals surface area contributed by atoms with Crippen LogP contribution in [-0.2, 0) is 0 Å². The lowest BCUT2D eigenvalue weighted by molar-refractivity contribution is 0.361. The van der Waals surface area contributed by atoms with Gasteiger partial charge in [-0.15, -0.1) is 0 Å². The molecule has 0 unspecified atom stereocenters. The molecule has 2 heterocycles. The summed E-state index contributed by atoms with van der Waals surface area (Å²) >= 11 is 0. The number of aliphatic imine (C=N–C) groups is 1. The first-order valence-electron chi connectivity index (χ1n) is 8.30. The van der Waals surface area contributed by atoms with Gasteiger partial charge in [-0.1, -0.05) is 19.3 Å². The Hall–Kier alpha value is -2.10. The second-order valence-corrected chi connectivity index (χ2v) is 6.36. The third-order valence-corrected chi connectivity index (χ3v) is 4.84. The van der Waals surface area contributed by atoms with Crippen LogP contribution in [0.2, 0.25) is 0 Å². The van der Waals surface area contributed by atoms with Crippen LogP contribution in [0.15, 0.2) is 41.9 Å². The van der Waals surface area contributed by atoms with Gasteiger partial charge in [0.2, 0.25) is 0 Å². The minimum absolute atomic E-state index is 0.838.